The topological polar surface area (TPSA) is 66.8 Å². The maximum Gasteiger partial charge on any atom is 0.308 e. The van der Waals surface area contributed by atoms with E-state index in [0.717, 1.165) is 44.9 Å². The molecule has 4 heteroatoms. The molecular formula is C22H34O4. The van der Waals surface area contributed by atoms with Crippen LogP contribution < -0.4 is 0 Å². The lowest BCUT2D eigenvalue weighted by Crippen LogP contribution is -2.55. The number of fused-ring (bicyclic) bond motifs is 5. The predicted octanol–water partition coefficient (Wildman–Crippen LogP) is 3.60. The molecule has 0 aliphatic heterocycles. The number of hydrogen-bond acceptors (Lipinski definition) is 4. The zero-order valence-corrected chi connectivity index (χ0v) is 16.5. The molecule has 0 aromatic rings. The van der Waals surface area contributed by atoms with Crippen LogP contribution in [-0.2, 0) is 9.53 Å². The summed E-state index contributed by atoms with van der Waals surface area (Å²) in [6, 6.07) is 0. The van der Waals surface area contributed by atoms with Crippen molar-refractivity contribution in [3.05, 3.63) is 11.6 Å². The van der Waals surface area contributed by atoms with E-state index in [-0.39, 0.29) is 29.3 Å². The summed E-state index contributed by atoms with van der Waals surface area (Å²) in [7, 11) is 1.41. The van der Waals surface area contributed by atoms with Gasteiger partial charge < -0.3 is 14.9 Å². The number of hydrogen-bond donors (Lipinski definition) is 2. The molecular weight excluding hydrogens is 328 g/mol. The standard InChI is InChI=1S/C22H34O4/c1-20-9-6-15(23)12-14(20)4-5-16-17(20)7-10-21(2)18(16)8-11-22(21,25)13-19(24)26-3/h4,15-18,23,25H,5-13H2,1-3H3/t15-,16-,17+,18+,20+,21+,22-/m1/s1. The van der Waals surface area contributed by atoms with Gasteiger partial charge in [-0.15, -0.1) is 0 Å². The van der Waals surface area contributed by atoms with Crippen molar-refractivity contribution in [2.45, 2.75) is 83.3 Å². The first-order valence-corrected chi connectivity index (χ1v) is 10.4. The van der Waals surface area contributed by atoms with Gasteiger partial charge in [0.15, 0.2) is 0 Å². The molecule has 4 aliphatic carbocycles. The van der Waals surface area contributed by atoms with Crippen LogP contribution >= 0.6 is 0 Å². The van der Waals surface area contributed by atoms with E-state index in [1.54, 1.807) is 0 Å². The number of carbonyl (C=O) groups is 1. The number of aliphatic hydroxyl groups excluding tert-OH is 1. The summed E-state index contributed by atoms with van der Waals surface area (Å²) in [5.74, 6) is 1.41. The average molecular weight is 363 g/mol. The number of carbonyl (C=O) groups excluding carboxylic acids is 1. The van der Waals surface area contributed by atoms with Gasteiger partial charge in [0.2, 0.25) is 0 Å². The van der Waals surface area contributed by atoms with Crippen LogP contribution in [0, 0.1) is 28.6 Å². The molecule has 4 rings (SSSR count). The van der Waals surface area contributed by atoms with E-state index in [1.165, 1.54) is 12.7 Å². The van der Waals surface area contributed by atoms with Gasteiger partial charge >= 0.3 is 5.97 Å². The minimum atomic E-state index is -0.927. The molecule has 0 radical (unpaired) electrons. The van der Waals surface area contributed by atoms with E-state index in [4.69, 9.17) is 4.74 Å². The Bertz CT molecular complexity index is 628. The van der Waals surface area contributed by atoms with Crippen molar-refractivity contribution in [1.82, 2.24) is 0 Å². The number of methoxy groups -OCH3 is 1. The van der Waals surface area contributed by atoms with Gasteiger partial charge in [-0.25, -0.2) is 0 Å². The molecule has 4 nitrogen and oxygen atoms in total. The van der Waals surface area contributed by atoms with Gasteiger partial charge in [0.05, 0.1) is 25.2 Å². The van der Waals surface area contributed by atoms with Crippen LogP contribution in [0.5, 0.6) is 0 Å². The Labute approximate surface area is 157 Å². The molecule has 0 aromatic heterocycles. The highest BCUT2D eigenvalue weighted by molar-refractivity contribution is 5.70. The molecule has 7 atom stereocenters. The smallest absolute Gasteiger partial charge is 0.308 e. The largest absolute Gasteiger partial charge is 0.469 e. The Balaban J connectivity index is 1.63. The molecule has 2 N–H and O–H groups in total. The van der Waals surface area contributed by atoms with Crippen molar-refractivity contribution in [1.29, 1.82) is 0 Å². The van der Waals surface area contributed by atoms with Gasteiger partial charge in [0.25, 0.3) is 0 Å². The van der Waals surface area contributed by atoms with Crippen molar-refractivity contribution in [2.24, 2.45) is 28.6 Å². The van der Waals surface area contributed by atoms with E-state index in [2.05, 4.69) is 19.9 Å². The third-order valence-corrected chi connectivity index (χ3v) is 9.06. The second kappa shape index (κ2) is 6.07. The number of rotatable bonds is 2. The molecule has 4 aliphatic rings. The molecule has 0 unspecified atom stereocenters. The Morgan fingerprint density at radius 2 is 1.92 bits per heavy atom. The first kappa shape index (κ1) is 18.5. The zero-order chi connectivity index (χ0) is 18.7. The van der Waals surface area contributed by atoms with E-state index >= 15 is 0 Å². The van der Waals surface area contributed by atoms with Gasteiger partial charge in [-0.1, -0.05) is 25.5 Å². The van der Waals surface area contributed by atoms with Crippen molar-refractivity contribution in [3.63, 3.8) is 0 Å². The van der Waals surface area contributed by atoms with Crippen LogP contribution in [0.2, 0.25) is 0 Å². The van der Waals surface area contributed by atoms with Crippen molar-refractivity contribution < 1.29 is 19.7 Å². The molecule has 0 saturated heterocycles. The second-order valence-electron chi connectivity index (χ2n) is 9.94. The van der Waals surface area contributed by atoms with Gasteiger partial charge in [0, 0.05) is 0 Å². The average Bonchev–Trinajstić information content (AvgIpc) is 2.86. The highest BCUT2D eigenvalue weighted by atomic mass is 16.5. The first-order chi connectivity index (χ1) is 12.2. The van der Waals surface area contributed by atoms with Crippen LogP contribution in [0.4, 0.5) is 0 Å². The maximum atomic E-state index is 11.9. The van der Waals surface area contributed by atoms with Gasteiger partial charge in [-0.2, -0.15) is 0 Å². The molecule has 3 fully saturated rings. The van der Waals surface area contributed by atoms with Gasteiger partial charge in [-0.3, -0.25) is 4.79 Å². The molecule has 3 saturated carbocycles. The predicted molar refractivity (Wildman–Crippen MR) is 99.3 cm³/mol. The van der Waals surface area contributed by atoms with Crippen LogP contribution in [0.15, 0.2) is 11.6 Å². The summed E-state index contributed by atoms with van der Waals surface area (Å²) < 4.78 is 4.87. The third-order valence-electron chi connectivity index (χ3n) is 9.06. The Morgan fingerprint density at radius 3 is 2.65 bits per heavy atom. The summed E-state index contributed by atoms with van der Waals surface area (Å²) >= 11 is 0. The highest BCUT2D eigenvalue weighted by Crippen LogP contribution is 2.67. The summed E-state index contributed by atoms with van der Waals surface area (Å²) in [6.45, 7) is 4.63. The summed E-state index contributed by atoms with van der Waals surface area (Å²) in [5, 5.41) is 21.5. The fraction of sp³-hybridized carbons (Fsp3) is 0.864. The minimum Gasteiger partial charge on any atom is -0.469 e. The molecule has 146 valence electrons. The molecule has 0 aromatic carbocycles. The first-order valence-electron chi connectivity index (χ1n) is 10.4. The normalized spacial score (nSPS) is 50.3. The third kappa shape index (κ3) is 2.44. The summed E-state index contributed by atoms with van der Waals surface area (Å²) in [6.07, 6.45) is 10.1. The van der Waals surface area contributed by atoms with E-state index in [0.29, 0.717) is 24.2 Å². The molecule has 0 bridgehead atoms. The van der Waals surface area contributed by atoms with Crippen LogP contribution in [0.25, 0.3) is 0 Å². The summed E-state index contributed by atoms with van der Waals surface area (Å²) in [4.78, 5) is 11.9. The fourth-order valence-electron chi connectivity index (χ4n) is 7.35. The van der Waals surface area contributed by atoms with E-state index in [9.17, 15) is 15.0 Å². The zero-order valence-electron chi connectivity index (χ0n) is 16.5. The minimum absolute atomic E-state index is 0.123. The Hall–Kier alpha value is -0.870. The molecule has 0 heterocycles. The highest BCUT2D eigenvalue weighted by Gasteiger charge is 2.64. The van der Waals surface area contributed by atoms with E-state index in [1.807, 2.05) is 0 Å². The lowest BCUT2D eigenvalue weighted by atomic mass is 9.47. The van der Waals surface area contributed by atoms with Crippen LogP contribution in [-0.4, -0.2) is 35.0 Å². The van der Waals surface area contributed by atoms with Crippen molar-refractivity contribution >= 4 is 5.97 Å². The fourth-order valence-corrected chi connectivity index (χ4v) is 7.35. The number of allylic oxidation sites excluding steroid dienone is 1. The van der Waals surface area contributed by atoms with Gasteiger partial charge in [-0.05, 0) is 80.0 Å². The molecule has 0 amide bonds. The van der Waals surface area contributed by atoms with Gasteiger partial charge in [0.1, 0.15) is 0 Å². The van der Waals surface area contributed by atoms with Crippen LogP contribution in [0.3, 0.4) is 0 Å². The Morgan fingerprint density at radius 1 is 1.19 bits per heavy atom. The lowest BCUT2D eigenvalue weighted by molar-refractivity contribution is -0.160. The maximum absolute atomic E-state index is 11.9. The molecule has 0 spiro atoms. The lowest BCUT2D eigenvalue weighted by Gasteiger charge is -2.59. The quantitative estimate of drug-likeness (QED) is 0.582. The monoisotopic (exact) mass is 362 g/mol. The Kier molecular flexibility index (Phi) is 4.31. The van der Waals surface area contributed by atoms with Crippen molar-refractivity contribution in [3.8, 4) is 0 Å². The number of esters is 1. The number of aliphatic hydroxyl groups is 2. The SMILES string of the molecule is COC(=O)C[C@]1(O)CC[C@H]2[C@@H]3CC=C4C[C@H](O)CC[C@]4(C)[C@H]3CC[C@@]21C. The van der Waals surface area contributed by atoms with Crippen LogP contribution in [0.1, 0.15) is 71.6 Å². The molecule has 26 heavy (non-hydrogen) atoms. The van der Waals surface area contributed by atoms with E-state index < -0.39 is 5.60 Å². The summed E-state index contributed by atoms with van der Waals surface area (Å²) in [5.41, 5.74) is 0.567. The second-order valence-corrected chi connectivity index (χ2v) is 9.94. The van der Waals surface area contributed by atoms with Crippen molar-refractivity contribution in [2.75, 3.05) is 7.11 Å². The number of ether oxygens (including phenoxy) is 1.